The number of rotatable bonds is 4. The number of pyridine rings is 1. The quantitative estimate of drug-likeness (QED) is 0.485. The van der Waals surface area contributed by atoms with Crippen LogP contribution in [-0.2, 0) is 15.7 Å². The lowest BCUT2D eigenvalue weighted by Gasteiger charge is -2.29. The van der Waals surface area contributed by atoms with Crippen LogP contribution in [0, 0.1) is 0 Å². The number of hydrogen-bond acceptors (Lipinski definition) is 5. The van der Waals surface area contributed by atoms with Crippen molar-refractivity contribution in [3.8, 4) is 0 Å². The molecule has 0 bridgehead atoms. The third kappa shape index (κ3) is 5.22. The molecular weight excluding hydrogens is 475 g/mol. The fraction of sp³-hybridized carbons (Fsp3) is 0.346. The summed E-state index contributed by atoms with van der Waals surface area (Å²) in [6.45, 7) is 5.57. The number of nitrogens with one attached hydrogen (secondary N) is 2. The third-order valence-corrected chi connectivity index (χ3v) is 5.85. The summed E-state index contributed by atoms with van der Waals surface area (Å²) in [5.74, 6) is -1.46. The van der Waals surface area contributed by atoms with Gasteiger partial charge < -0.3 is 19.9 Å². The molecule has 0 unspecified atom stereocenters. The van der Waals surface area contributed by atoms with E-state index < -0.39 is 46.4 Å². The number of alkyl halides is 3. The second-order valence-corrected chi connectivity index (χ2v) is 9.64. The predicted molar refractivity (Wildman–Crippen MR) is 130 cm³/mol. The number of para-hydroxylation sites is 1. The number of carbonyl (C=O) groups is 2. The van der Waals surface area contributed by atoms with Crippen LogP contribution >= 0.6 is 0 Å². The fourth-order valence-corrected chi connectivity index (χ4v) is 4.27. The van der Waals surface area contributed by atoms with Gasteiger partial charge >= 0.3 is 12.1 Å². The minimum atomic E-state index is -4.80. The summed E-state index contributed by atoms with van der Waals surface area (Å²) in [6, 6.07) is 9.27. The Hall–Kier alpha value is -3.82. The summed E-state index contributed by atoms with van der Waals surface area (Å²) in [7, 11) is 0. The molecule has 3 aromatic rings. The van der Waals surface area contributed by atoms with Gasteiger partial charge in [-0.15, -0.1) is 0 Å². The molecule has 36 heavy (non-hydrogen) atoms. The zero-order chi connectivity index (χ0) is 26.3. The fourth-order valence-electron chi connectivity index (χ4n) is 4.27. The summed E-state index contributed by atoms with van der Waals surface area (Å²) in [6.07, 6.45) is -2.54. The second-order valence-electron chi connectivity index (χ2n) is 9.64. The first kappa shape index (κ1) is 25.3. The number of amides is 1. The number of carbonyl (C=O) groups excluding carboxylic acids is 2. The van der Waals surface area contributed by atoms with Crippen molar-refractivity contribution in [3.05, 3.63) is 70.0 Å². The zero-order valence-corrected chi connectivity index (χ0v) is 20.0. The monoisotopic (exact) mass is 501 g/mol. The number of anilines is 2. The first-order chi connectivity index (χ1) is 16.8. The average Bonchev–Trinajstić information content (AvgIpc) is 3.28. The Morgan fingerprint density at radius 3 is 2.53 bits per heavy atom. The lowest BCUT2D eigenvalue weighted by atomic mass is 10.1. The number of aromatic amines is 1. The number of esters is 1. The average molecular weight is 502 g/mol. The summed E-state index contributed by atoms with van der Waals surface area (Å²) in [4.78, 5) is 42.6. The zero-order valence-electron chi connectivity index (χ0n) is 20.0. The van der Waals surface area contributed by atoms with E-state index in [1.807, 2.05) is 0 Å². The number of benzene rings is 2. The van der Waals surface area contributed by atoms with Gasteiger partial charge in [0.15, 0.2) is 0 Å². The molecule has 7 nitrogen and oxygen atoms in total. The molecule has 1 aromatic heterocycles. The first-order valence-electron chi connectivity index (χ1n) is 11.5. The van der Waals surface area contributed by atoms with E-state index in [2.05, 4.69) is 10.3 Å². The highest BCUT2D eigenvalue weighted by Gasteiger charge is 2.38. The molecule has 4 rings (SSSR count). The van der Waals surface area contributed by atoms with Crippen molar-refractivity contribution in [3.63, 3.8) is 0 Å². The van der Waals surface area contributed by atoms with Crippen molar-refractivity contribution in [2.45, 2.75) is 51.4 Å². The number of hydrogen-bond donors (Lipinski definition) is 2. The summed E-state index contributed by atoms with van der Waals surface area (Å²) >= 11 is 0. The first-order valence-corrected chi connectivity index (χ1v) is 11.5. The molecule has 1 fully saturated rings. The van der Waals surface area contributed by atoms with Gasteiger partial charge in [0.05, 0.1) is 11.3 Å². The number of nitrogens with zero attached hydrogens (tertiary/aromatic N) is 1. The van der Waals surface area contributed by atoms with Gasteiger partial charge in [-0.1, -0.05) is 12.1 Å². The molecular formula is C26H26F3N3O4. The van der Waals surface area contributed by atoms with Crippen molar-refractivity contribution in [2.75, 3.05) is 16.8 Å². The normalized spacial score (nSPS) is 16.3. The van der Waals surface area contributed by atoms with Crippen molar-refractivity contribution >= 4 is 34.2 Å². The van der Waals surface area contributed by atoms with Crippen LogP contribution in [0.25, 0.3) is 10.9 Å². The second kappa shape index (κ2) is 9.33. The van der Waals surface area contributed by atoms with Crippen molar-refractivity contribution in [1.82, 2.24) is 4.98 Å². The number of halogens is 3. The molecule has 2 N–H and O–H groups in total. The predicted octanol–water partition coefficient (Wildman–Crippen LogP) is 5.11. The number of H-pyrrole nitrogens is 1. The van der Waals surface area contributed by atoms with Crippen LogP contribution in [-0.4, -0.2) is 35.0 Å². The highest BCUT2D eigenvalue weighted by Crippen LogP contribution is 2.39. The van der Waals surface area contributed by atoms with E-state index in [0.29, 0.717) is 24.9 Å². The Bertz CT molecular complexity index is 1380. The van der Waals surface area contributed by atoms with E-state index in [9.17, 15) is 27.6 Å². The third-order valence-electron chi connectivity index (χ3n) is 5.85. The number of fused-ring (bicyclic) bond motifs is 1. The Morgan fingerprint density at radius 1 is 1.11 bits per heavy atom. The van der Waals surface area contributed by atoms with Gasteiger partial charge in [-0.25, -0.2) is 4.79 Å². The van der Waals surface area contributed by atoms with Gasteiger partial charge in [-0.2, -0.15) is 13.2 Å². The molecule has 0 radical (unpaired) electrons. The van der Waals surface area contributed by atoms with Gasteiger partial charge in [0.25, 0.3) is 5.91 Å². The SMILES string of the molecule is CC(C)(C)OC(=O)[C@H]1CCCN1c1ccc(NC(=O)c2c[nH]c3ccccc3c2=O)c(C(F)(F)F)c1. The van der Waals surface area contributed by atoms with Crippen LogP contribution in [0.2, 0.25) is 0 Å². The minimum absolute atomic E-state index is 0.192. The molecule has 0 aliphatic carbocycles. The smallest absolute Gasteiger partial charge is 0.418 e. The van der Waals surface area contributed by atoms with Gasteiger partial charge in [0.1, 0.15) is 17.2 Å². The van der Waals surface area contributed by atoms with E-state index in [0.717, 1.165) is 12.1 Å². The van der Waals surface area contributed by atoms with Crippen LogP contribution in [0.4, 0.5) is 24.5 Å². The lowest BCUT2D eigenvalue weighted by molar-refractivity contribution is -0.156. The number of ether oxygens (including phenoxy) is 1. The van der Waals surface area contributed by atoms with E-state index in [4.69, 9.17) is 4.74 Å². The molecule has 2 heterocycles. The van der Waals surface area contributed by atoms with Crippen molar-refractivity contribution < 1.29 is 27.5 Å². The Kier molecular flexibility index (Phi) is 6.55. The molecule has 1 aliphatic heterocycles. The molecule has 1 aliphatic rings. The van der Waals surface area contributed by atoms with Gasteiger partial charge in [0.2, 0.25) is 5.43 Å². The van der Waals surface area contributed by atoms with Gasteiger partial charge in [-0.3, -0.25) is 9.59 Å². The maximum absolute atomic E-state index is 14.0. The van der Waals surface area contributed by atoms with Crippen LogP contribution in [0.5, 0.6) is 0 Å². The van der Waals surface area contributed by atoms with Gasteiger partial charge in [-0.05, 0) is 63.9 Å². The maximum Gasteiger partial charge on any atom is 0.418 e. The molecule has 1 atom stereocenters. The Labute approximate surface area is 205 Å². The standard InChI is InChI=1S/C26H26F3N3O4/c1-25(2,3)36-24(35)21-9-6-12-32(21)15-10-11-20(18(13-15)26(27,28)29)31-23(34)17-14-30-19-8-5-4-7-16(19)22(17)33/h4-5,7-8,10-11,13-14,21H,6,9,12H2,1-3H3,(H,30,33)(H,31,34)/t21-/m1/s1. The van der Waals surface area contributed by atoms with Crippen molar-refractivity contribution in [2.24, 2.45) is 0 Å². The maximum atomic E-state index is 14.0. The highest BCUT2D eigenvalue weighted by atomic mass is 19.4. The molecule has 190 valence electrons. The Balaban J connectivity index is 1.65. The molecule has 1 amide bonds. The molecule has 0 spiro atoms. The van der Waals surface area contributed by atoms with E-state index >= 15 is 0 Å². The Morgan fingerprint density at radius 2 is 1.83 bits per heavy atom. The molecule has 2 aromatic carbocycles. The largest absolute Gasteiger partial charge is 0.458 e. The molecule has 1 saturated heterocycles. The van der Waals surface area contributed by atoms with Crippen LogP contribution in [0.15, 0.2) is 53.5 Å². The summed E-state index contributed by atoms with van der Waals surface area (Å²) in [5, 5.41) is 2.48. The summed E-state index contributed by atoms with van der Waals surface area (Å²) in [5.41, 5.74) is -2.50. The minimum Gasteiger partial charge on any atom is -0.458 e. The van der Waals surface area contributed by atoms with E-state index in [-0.39, 0.29) is 16.6 Å². The lowest BCUT2D eigenvalue weighted by Crippen LogP contribution is -2.40. The number of aromatic nitrogens is 1. The molecule has 0 saturated carbocycles. The molecule has 10 heteroatoms. The van der Waals surface area contributed by atoms with Crippen molar-refractivity contribution in [1.29, 1.82) is 0 Å². The van der Waals surface area contributed by atoms with Crippen LogP contribution in [0.1, 0.15) is 49.5 Å². The van der Waals surface area contributed by atoms with E-state index in [1.54, 1.807) is 43.9 Å². The van der Waals surface area contributed by atoms with E-state index in [1.165, 1.54) is 18.3 Å². The van der Waals surface area contributed by atoms with Gasteiger partial charge in [0, 0.05) is 29.3 Å². The van der Waals surface area contributed by atoms with Crippen LogP contribution in [0.3, 0.4) is 0 Å². The topological polar surface area (TPSA) is 91.5 Å². The highest BCUT2D eigenvalue weighted by molar-refractivity contribution is 6.06. The summed E-state index contributed by atoms with van der Waals surface area (Å²) < 4.78 is 47.5. The van der Waals surface area contributed by atoms with Crippen LogP contribution < -0.4 is 15.6 Å².